The fourth-order valence-corrected chi connectivity index (χ4v) is 1.90. The van der Waals surface area contributed by atoms with E-state index >= 15 is 0 Å². The average Bonchev–Trinajstić information content (AvgIpc) is 2.47. The van der Waals surface area contributed by atoms with Crippen molar-refractivity contribution in [2.45, 2.75) is 12.5 Å². The van der Waals surface area contributed by atoms with Gasteiger partial charge in [0, 0.05) is 12.3 Å². The lowest BCUT2D eigenvalue weighted by Crippen LogP contribution is -2.33. The topological polar surface area (TPSA) is 65.2 Å². The molecule has 0 saturated heterocycles. The summed E-state index contributed by atoms with van der Waals surface area (Å²) in [7, 11) is 1.31. The van der Waals surface area contributed by atoms with E-state index in [0.717, 1.165) is 16.7 Å². The summed E-state index contributed by atoms with van der Waals surface area (Å²) in [4.78, 5) is 14.8. The van der Waals surface area contributed by atoms with E-state index in [9.17, 15) is 9.18 Å². The molecule has 0 radical (unpaired) electrons. The van der Waals surface area contributed by atoms with Gasteiger partial charge in [0.25, 0.3) is 0 Å². The molecule has 2 N–H and O–H groups in total. The number of halogens is 3. The van der Waals surface area contributed by atoms with E-state index in [1.165, 1.54) is 19.4 Å². The Morgan fingerprint density at radius 1 is 1.23 bits per heavy atom. The van der Waals surface area contributed by atoms with Gasteiger partial charge in [-0.2, -0.15) is 4.39 Å². The van der Waals surface area contributed by atoms with E-state index < -0.39 is 18.0 Å². The Morgan fingerprint density at radius 2 is 1.86 bits per heavy atom. The van der Waals surface area contributed by atoms with Gasteiger partial charge < -0.3 is 10.5 Å². The summed E-state index contributed by atoms with van der Waals surface area (Å²) < 4.78 is 17.6. The van der Waals surface area contributed by atoms with Crippen molar-refractivity contribution < 1.29 is 13.9 Å². The van der Waals surface area contributed by atoms with Crippen molar-refractivity contribution in [3.05, 3.63) is 54.1 Å². The zero-order valence-corrected chi connectivity index (χ0v) is 13.5. The van der Waals surface area contributed by atoms with Crippen LogP contribution in [0.5, 0.6) is 0 Å². The number of aromatic nitrogens is 1. The Labute approximate surface area is 140 Å². The molecule has 0 aliphatic rings. The summed E-state index contributed by atoms with van der Waals surface area (Å²) in [6.45, 7) is 0. The van der Waals surface area contributed by atoms with Gasteiger partial charge in [-0.3, -0.25) is 4.79 Å². The molecule has 4 nitrogen and oxygen atoms in total. The fourth-order valence-electron chi connectivity index (χ4n) is 1.90. The van der Waals surface area contributed by atoms with Crippen LogP contribution in [-0.4, -0.2) is 24.1 Å². The standard InChI is InChI=1S/C15H15FN2O2.2ClH/c1-20-15(19)13(17)8-10-2-4-11(5-3-10)12-6-7-18-14(16)9-12;;/h2-7,9,13H,8,17H2,1H3;2*1H. The van der Waals surface area contributed by atoms with Crippen LogP contribution >= 0.6 is 24.8 Å². The monoisotopic (exact) mass is 346 g/mol. The molecule has 0 bridgehead atoms. The number of hydrogen-bond acceptors (Lipinski definition) is 4. The molecule has 1 aromatic carbocycles. The molecule has 1 atom stereocenters. The van der Waals surface area contributed by atoms with Crippen molar-refractivity contribution in [1.29, 1.82) is 0 Å². The Hall–Kier alpha value is -1.69. The molecular weight excluding hydrogens is 330 g/mol. The van der Waals surface area contributed by atoms with E-state index in [0.29, 0.717) is 6.42 Å². The Balaban J connectivity index is 0.00000220. The first-order valence-electron chi connectivity index (χ1n) is 6.14. The second-order valence-corrected chi connectivity index (χ2v) is 4.40. The maximum absolute atomic E-state index is 13.1. The lowest BCUT2D eigenvalue weighted by atomic mass is 10.0. The minimum absolute atomic E-state index is 0. The second kappa shape index (κ2) is 9.35. The number of hydrogen-bond donors (Lipinski definition) is 1. The number of nitrogens with zero attached hydrogens (tertiary/aromatic N) is 1. The maximum Gasteiger partial charge on any atom is 0.322 e. The van der Waals surface area contributed by atoms with Gasteiger partial charge in [0.05, 0.1) is 7.11 Å². The lowest BCUT2D eigenvalue weighted by Gasteiger charge is -2.09. The van der Waals surface area contributed by atoms with Gasteiger partial charge in [0.1, 0.15) is 6.04 Å². The highest BCUT2D eigenvalue weighted by Gasteiger charge is 2.14. The zero-order valence-electron chi connectivity index (χ0n) is 11.9. The molecule has 1 unspecified atom stereocenters. The number of nitrogens with two attached hydrogens (primary N) is 1. The summed E-state index contributed by atoms with van der Waals surface area (Å²) in [5, 5.41) is 0. The van der Waals surface area contributed by atoms with Crippen LogP contribution in [0.1, 0.15) is 5.56 Å². The number of carbonyl (C=O) groups excluding carboxylic acids is 1. The van der Waals surface area contributed by atoms with Gasteiger partial charge in [-0.15, -0.1) is 24.8 Å². The number of carbonyl (C=O) groups is 1. The van der Waals surface area contributed by atoms with E-state index in [1.807, 2.05) is 24.3 Å². The number of pyridine rings is 1. The van der Waals surface area contributed by atoms with Crippen LogP contribution in [0.2, 0.25) is 0 Å². The van der Waals surface area contributed by atoms with Crippen molar-refractivity contribution in [3.63, 3.8) is 0 Å². The first-order chi connectivity index (χ1) is 9.60. The first kappa shape index (κ1) is 20.3. The molecule has 0 spiro atoms. The number of benzene rings is 1. The molecule has 0 aliphatic carbocycles. The second-order valence-electron chi connectivity index (χ2n) is 4.40. The van der Waals surface area contributed by atoms with Gasteiger partial charge in [0.15, 0.2) is 0 Å². The van der Waals surface area contributed by atoms with Crippen LogP contribution in [-0.2, 0) is 16.0 Å². The predicted molar refractivity (Wildman–Crippen MR) is 87.8 cm³/mol. The third-order valence-corrected chi connectivity index (χ3v) is 2.97. The summed E-state index contributed by atoms with van der Waals surface area (Å²) >= 11 is 0. The highest BCUT2D eigenvalue weighted by atomic mass is 35.5. The van der Waals surface area contributed by atoms with Crippen LogP contribution < -0.4 is 5.73 Å². The van der Waals surface area contributed by atoms with Crippen LogP contribution in [0.15, 0.2) is 42.6 Å². The number of methoxy groups -OCH3 is 1. The molecule has 7 heteroatoms. The molecule has 0 amide bonds. The molecule has 2 aromatic rings. The quantitative estimate of drug-likeness (QED) is 0.682. The fraction of sp³-hybridized carbons (Fsp3) is 0.200. The summed E-state index contributed by atoms with van der Waals surface area (Å²) in [5.41, 5.74) is 8.24. The van der Waals surface area contributed by atoms with E-state index in [-0.39, 0.29) is 24.8 Å². The van der Waals surface area contributed by atoms with Crippen molar-refractivity contribution in [2.75, 3.05) is 7.11 Å². The largest absolute Gasteiger partial charge is 0.468 e. The minimum atomic E-state index is -0.677. The number of rotatable bonds is 4. The molecule has 1 aromatic heterocycles. The Bertz CT molecular complexity index is 609. The maximum atomic E-state index is 13.1. The highest BCUT2D eigenvalue weighted by molar-refractivity contribution is 5.85. The van der Waals surface area contributed by atoms with Crippen LogP contribution in [0.3, 0.4) is 0 Å². The van der Waals surface area contributed by atoms with Crippen molar-refractivity contribution in [2.24, 2.45) is 5.73 Å². The summed E-state index contributed by atoms with van der Waals surface area (Å²) in [6, 6.07) is 9.85. The van der Waals surface area contributed by atoms with Crippen molar-refractivity contribution in [3.8, 4) is 11.1 Å². The lowest BCUT2D eigenvalue weighted by molar-refractivity contribution is -0.142. The molecule has 0 fully saturated rings. The third-order valence-electron chi connectivity index (χ3n) is 2.97. The molecule has 1 heterocycles. The average molecular weight is 347 g/mol. The van der Waals surface area contributed by atoms with Crippen LogP contribution in [0, 0.1) is 5.95 Å². The third kappa shape index (κ3) is 5.26. The first-order valence-corrected chi connectivity index (χ1v) is 6.14. The van der Waals surface area contributed by atoms with Crippen molar-refractivity contribution in [1.82, 2.24) is 4.98 Å². The number of esters is 1. The molecule has 2 rings (SSSR count). The molecule has 0 saturated carbocycles. The highest BCUT2D eigenvalue weighted by Crippen LogP contribution is 2.20. The Morgan fingerprint density at radius 3 is 2.41 bits per heavy atom. The number of ether oxygens (including phenoxy) is 1. The summed E-state index contributed by atoms with van der Waals surface area (Å²) in [5.74, 6) is -0.954. The van der Waals surface area contributed by atoms with Crippen molar-refractivity contribution >= 4 is 30.8 Å². The smallest absolute Gasteiger partial charge is 0.322 e. The Kier molecular flexibility index (Phi) is 8.63. The van der Waals surface area contributed by atoms with Gasteiger partial charge in [-0.1, -0.05) is 24.3 Å². The normalized spacial score (nSPS) is 10.9. The van der Waals surface area contributed by atoms with E-state index in [1.54, 1.807) is 6.07 Å². The van der Waals surface area contributed by atoms with Crippen LogP contribution in [0.4, 0.5) is 4.39 Å². The van der Waals surface area contributed by atoms with Gasteiger partial charge in [-0.25, -0.2) is 4.98 Å². The SMILES string of the molecule is COC(=O)C(N)Cc1ccc(-c2ccnc(F)c2)cc1.Cl.Cl. The molecule has 22 heavy (non-hydrogen) atoms. The summed E-state index contributed by atoms with van der Waals surface area (Å²) in [6.07, 6.45) is 1.82. The molecular formula is C15H17Cl2FN2O2. The van der Waals surface area contributed by atoms with Crippen LogP contribution in [0.25, 0.3) is 11.1 Å². The molecule has 0 aliphatic heterocycles. The van der Waals surface area contributed by atoms with E-state index in [2.05, 4.69) is 9.72 Å². The minimum Gasteiger partial charge on any atom is -0.468 e. The van der Waals surface area contributed by atoms with Gasteiger partial charge >= 0.3 is 5.97 Å². The zero-order chi connectivity index (χ0) is 14.5. The molecule has 120 valence electrons. The predicted octanol–water partition coefficient (Wildman–Crippen LogP) is 2.77. The van der Waals surface area contributed by atoms with Gasteiger partial charge in [0.2, 0.25) is 5.95 Å². The van der Waals surface area contributed by atoms with Gasteiger partial charge in [-0.05, 0) is 29.2 Å². The van der Waals surface area contributed by atoms with E-state index in [4.69, 9.17) is 5.73 Å².